The number of nitrogens with zero attached hydrogens (tertiary/aromatic N) is 3. The molecule has 1 aromatic carbocycles. The van der Waals surface area contributed by atoms with Crippen LogP contribution in [0.3, 0.4) is 0 Å². The van der Waals surface area contributed by atoms with Crippen molar-refractivity contribution in [3.05, 3.63) is 65.6 Å². The van der Waals surface area contributed by atoms with Crippen LogP contribution < -0.4 is 5.32 Å². The zero-order chi connectivity index (χ0) is 15.4. The van der Waals surface area contributed by atoms with Crippen LogP contribution in [0, 0.1) is 6.92 Å². The summed E-state index contributed by atoms with van der Waals surface area (Å²) in [5.74, 6) is 0.757. The van der Waals surface area contributed by atoms with Crippen LogP contribution in [0.5, 0.6) is 0 Å². The highest BCUT2D eigenvalue weighted by molar-refractivity contribution is 5.76. The molecule has 0 fully saturated rings. The molecule has 5 heteroatoms. The molecule has 0 unspecified atom stereocenters. The number of hydrogen-bond acceptors (Lipinski definition) is 3. The topological polar surface area (TPSA) is 59.3 Å². The van der Waals surface area contributed by atoms with Crippen molar-refractivity contribution in [2.45, 2.75) is 26.3 Å². The molecule has 1 amide bonds. The SMILES string of the molecule is Cc1ccc(CCC(=O)NCc2nnc3ccccn23)cc1. The van der Waals surface area contributed by atoms with Crippen molar-refractivity contribution in [2.75, 3.05) is 0 Å². The van der Waals surface area contributed by atoms with E-state index in [2.05, 4.69) is 46.7 Å². The van der Waals surface area contributed by atoms with Crippen LogP contribution in [-0.2, 0) is 17.8 Å². The molecule has 0 radical (unpaired) electrons. The van der Waals surface area contributed by atoms with E-state index in [4.69, 9.17) is 0 Å². The molecule has 3 aromatic rings. The quantitative estimate of drug-likeness (QED) is 0.785. The molecule has 0 aliphatic carbocycles. The summed E-state index contributed by atoms with van der Waals surface area (Å²) in [6, 6.07) is 14.0. The maximum absolute atomic E-state index is 11.9. The zero-order valence-corrected chi connectivity index (χ0v) is 12.5. The third-order valence-electron chi connectivity index (χ3n) is 3.59. The monoisotopic (exact) mass is 294 g/mol. The number of benzene rings is 1. The van der Waals surface area contributed by atoms with E-state index in [1.807, 2.05) is 28.8 Å². The molecule has 0 bridgehead atoms. The lowest BCUT2D eigenvalue weighted by atomic mass is 10.1. The summed E-state index contributed by atoms with van der Waals surface area (Å²) in [6.07, 6.45) is 3.11. The standard InChI is InChI=1S/C17H18N4O/c1-13-5-7-14(8-6-13)9-10-17(22)18-12-16-20-19-15-4-2-3-11-21(15)16/h2-8,11H,9-10,12H2,1H3,(H,18,22). The fourth-order valence-electron chi connectivity index (χ4n) is 2.29. The minimum Gasteiger partial charge on any atom is -0.349 e. The number of carbonyl (C=O) groups is 1. The van der Waals surface area contributed by atoms with Gasteiger partial charge in [-0.3, -0.25) is 9.20 Å². The molecule has 0 aliphatic heterocycles. The number of amides is 1. The van der Waals surface area contributed by atoms with Crippen LogP contribution in [0.15, 0.2) is 48.7 Å². The predicted octanol–water partition coefficient (Wildman–Crippen LogP) is 2.29. The highest BCUT2D eigenvalue weighted by Crippen LogP contribution is 2.06. The van der Waals surface area contributed by atoms with Gasteiger partial charge in [0.25, 0.3) is 0 Å². The predicted molar refractivity (Wildman–Crippen MR) is 84.3 cm³/mol. The van der Waals surface area contributed by atoms with E-state index in [0.717, 1.165) is 17.9 Å². The van der Waals surface area contributed by atoms with Crippen molar-refractivity contribution in [3.8, 4) is 0 Å². The van der Waals surface area contributed by atoms with Crippen LogP contribution in [-0.4, -0.2) is 20.5 Å². The molecule has 3 rings (SSSR count). The van der Waals surface area contributed by atoms with Gasteiger partial charge in [0.1, 0.15) is 0 Å². The first-order valence-electron chi connectivity index (χ1n) is 7.33. The molecule has 0 saturated heterocycles. The maximum atomic E-state index is 11.9. The van der Waals surface area contributed by atoms with Crippen LogP contribution in [0.1, 0.15) is 23.4 Å². The van der Waals surface area contributed by atoms with Gasteiger partial charge in [0.15, 0.2) is 11.5 Å². The number of fused-ring (bicyclic) bond motifs is 1. The molecule has 0 saturated carbocycles. The lowest BCUT2D eigenvalue weighted by Gasteiger charge is -2.05. The van der Waals surface area contributed by atoms with E-state index >= 15 is 0 Å². The average molecular weight is 294 g/mol. The van der Waals surface area contributed by atoms with Gasteiger partial charge in [0, 0.05) is 12.6 Å². The fourth-order valence-corrected chi connectivity index (χ4v) is 2.29. The van der Waals surface area contributed by atoms with E-state index in [1.54, 1.807) is 0 Å². The molecule has 2 heterocycles. The van der Waals surface area contributed by atoms with Gasteiger partial charge in [-0.1, -0.05) is 35.9 Å². The van der Waals surface area contributed by atoms with Gasteiger partial charge < -0.3 is 5.32 Å². The largest absolute Gasteiger partial charge is 0.349 e. The van der Waals surface area contributed by atoms with Crippen molar-refractivity contribution < 1.29 is 4.79 Å². The average Bonchev–Trinajstić information content (AvgIpc) is 2.96. The minimum atomic E-state index is 0.0215. The van der Waals surface area contributed by atoms with E-state index in [-0.39, 0.29) is 5.91 Å². The lowest BCUT2D eigenvalue weighted by molar-refractivity contribution is -0.121. The van der Waals surface area contributed by atoms with Crippen molar-refractivity contribution in [2.24, 2.45) is 0 Å². The van der Waals surface area contributed by atoms with Gasteiger partial charge in [-0.15, -0.1) is 10.2 Å². The van der Waals surface area contributed by atoms with Crippen molar-refractivity contribution in [1.82, 2.24) is 19.9 Å². The summed E-state index contributed by atoms with van der Waals surface area (Å²) in [7, 11) is 0. The molecule has 0 aliphatic rings. The second kappa shape index (κ2) is 6.39. The Morgan fingerprint density at radius 2 is 1.95 bits per heavy atom. The Kier molecular flexibility index (Phi) is 4.14. The number of pyridine rings is 1. The lowest BCUT2D eigenvalue weighted by Crippen LogP contribution is -2.24. The second-order valence-corrected chi connectivity index (χ2v) is 5.31. The van der Waals surface area contributed by atoms with Crippen LogP contribution >= 0.6 is 0 Å². The highest BCUT2D eigenvalue weighted by Gasteiger charge is 2.07. The fraction of sp³-hybridized carbons (Fsp3) is 0.235. The zero-order valence-electron chi connectivity index (χ0n) is 12.5. The number of hydrogen-bond donors (Lipinski definition) is 1. The maximum Gasteiger partial charge on any atom is 0.220 e. The Balaban J connectivity index is 1.53. The first kappa shape index (κ1) is 14.3. The van der Waals surface area contributed by atoms with Crippen LogP contribution in [0.25, 0.3) is 5.65 Å². The Hall–Kier alpha value is -2.69. The third kappa shape index (κ3) is 3.31. The number of carbonyl (C=O) groups excluding carboxylic acids is 1. The molecule has 0 atom stereocenters. The minimum absolute atomic E-state index is 0.0215. The first-order chi connectivity index (χ1) is 10.7. The molecule has 0 spiro atoms. The molecule has 22 heavy (non-hydrogen) atoms. The summed E-state index contributed by atoms with van der Waals surface area (Å²) in [4.78, 5) is 11.9. The normalized spacial score (nSPS) is 10.8. The highest BCUT2D eigenvalue weighted by atomic mass is 16.1. The van der Waals surface area contributed by atoms with Crippen molar-refractivity contribution in [1.29, 1.82) is 0 Å². The summed E-state index contributed by atoms with van der Waals surface area (Å²) in [5, 5.41) is 11.1. The molecular formula is C17H18N4O. The number of aromatic nitrogens is 3. The number of nitrogens with one attached hydrogen (secondary N) is 1. The van der Waals surface area contributed by atoms with E-state index in [9.17, 15) is 4.79 Å². The molecule has 112 valence electrons. The van der Waals surface area contributed by atoms with Crippen LogP contribution in [0.2, 0.25) is 0 Å². The van der Waals surface area contributed by atoms with Crippen LogP contribution in [0.4, 0.5) is 0 Å². The van der Waals surface area contributed by atoms with Gasteiger partial charge in [-0.25, -0.2) is 0 Å². The Morgan fingerprint density at radius 1 is 1.14 bits per heavy atom. The molecule has 2 aromatic heterocycles. The van der Waals surface area contributed by atoms with Crippen molar-refractivity contribution in [3.63, 3.8) is 0 Å². The molecule has 5 nitrogen and oxygen atoms in total. The van der Waals surface area contributed by atoms with E-state index < -0.39 is 0 Å². The summed E-state index contributed by atoms with van der Waals surface area (Å²) in [6.45, 7) is 2.44. The Bertz CT molecular complexity index is 777. The van der Waals surface area contributed by atoms with E-state index in [0.29, 0.717) is 13.0 Å². The Labute approximate surface area is 129 Å². The van der Waals surface area contributed by atoms with Gasteiger partial charge in [-0.2, -0.15) is 0 Å². The van der Waals surface area contributed by atoms with Gasteiger partial charge in [0.05, 0.1) is 6.54 Å². The van der Waals surface area contributed by atoms with Crippen molar-refractivity contribution >= 4 is 11.6 Å². The van der Waals surface area contributed by atoms with Gasteiger partial charge >= 0.3 is 0 Å². The molecule has 1 N–H and O–H groups in total. The van der Waals surface area contributed by atoms with Gasteiger partial charge in [0.2, 0.25) is 5.91 Å². The Morgan fingerprint density at radius 3 is 2.77 bits per heavy atom. The summed E-state index contributed by atoms with van der Waals surface area (Å²) < 4.78 is 1.88. The summed E-state index contributed by atoms with van der Waals surface area (Å²) in [5.41, 5.74) is 3.19. The number of rotatable bonds is 5. The molecular weight excluding hydrogens is 276 g/mol. The second-order valence-electron chi connectivity index (χ2n) is 5.31. The smallest absolute Gasteiger partial charge is 0.220 e. The first-order valence-corrected chi connectivity index (χ1v) is 7.33. The van der Waals surface area contributed by atoms with E-state index in [1.165, 1.54) is 11.1 Å². The third-order valence-corrected chi connectivity index (χ3v) is 3.59. The number of aryl methyl sites for hydroxylation is 2. The van der Waals surface area contributed by atoms with Gasteiger partial charge in [-0.05, 0) is 31.0 Å². The summed E-state index contributed by atoms with van der Waals surface area (Å²) >= 11 is 0.